The Balaban J connectivity index is 2.02. The number of anilines is 1. The summed E-state index contributed by atoms with van der Waals surface area (Å²) < 4.78 is 5.22. The number of benzene rings is 2. The molecule has 0 saturated heterocycles. The minimum absolute atomic E-state index is 0.0574. The molecule has 0 radical (unpaired) electrons. The van der Waals surface area contributed by atoms with Gasteiger partial charge in [-0.25, -0.2) is 0 Å². The standard InChI is InChI=1S/C22H19N3O4/c1-3-25-17-10-5-4-9-15(17)20(26)18(22(25)28)19-16(21(27)24-23-19)12-13-7-6-8-14(11-13)29-2/h4-12,23H,3H2,1-2H3,(H,24,27)/b16-12-,19-18+. The number of H-pyrrole nitrogens is 2. The molecule has 4 rings (SSSR count). The van der Waals surface area contributed by atoms with Crippen LogP contribution >= 0.6 is 0 Å². The zero-order chi connectivity index (χ0) is 20.5. The fraction of sp³-hybridized carbons (Fsp3) is 0.136. The Bertz CT molecular complexity index is 1300. The minimum Gasteiger partial charge on any atom is -0.497 e. The second kappa shape index (κ2) is 7.27. The number of methoxy groups -OCH3 is 1. The molecule has 7 nitrogen and oxygen atoms in total. The van der Waals surface area contributed by atoms with E-state index < -0.39 is 17.2 Å². The molecule has 2 aromatic carbocycles. The van der Waals surface area contributed by atoms with E-state index in [1.54, 1.807) is 55.7 Å². The van der Waals surface area contributed by atoms with E-state index in [-0.39, 0.29) is 16.1 Å². The molecule has 1 aliphatic heterocycles. The lowest BCUT2D eigenvalue weighted by Gasteiger charge is -2.28. The molecule has 0 unspecified atom stereocenters. The Hall–Kier alpha value is -3.87. The monoisotopic (exact) mass is 389 g/mol. The van der Waals surface area contributed by atoms with Crippen LogP contribution in [-0.2, 0) is 4.79 Å². The van der Waals surface area contributed by atoms with Gasteiger partial charge >= 0.3 is 0 Å². The number of Topliss-reactive ketones (excluding diaryl/α,β-unsaturated/α-hetero) is 1. The third-order valence-corrected chi connectivity index (χ3v) is 4.91. The first-order valence-corrected chi connectivity index (χ1v) is 9.17. The first-order valence-electron chi connectivity index (χ1n) is 9.17. The normalized spacial score (nSPS) is 16.2. The molecule has 1 aromatic heterocycles. The number of carbonyl (C=O) groups excluding carboxylic acids is 2. The van der Waals surface area contributed by atoms with Crippen LogP contribution in [0.4, 0.5) is 5.69 Å². The van der Waals surface area contributed by atoms with Gasteiger partial charge in [0.2, 0.25) is 5.78 Å². The molecule has 0 bridgehead atoms. The maximum atomic E-state index is 13.1. The van der Waals surface area contributed by atoms with Crippen molar-refractivity contribution in [1.82, 2.24) is 10.2 Å². The fourth-order valence-electron chi connectivity index (χ4n) is 3.51. The van der Waals surface area contributed by atoms with E-state index >= 15 is 0 Å². The maximum absolute atomic E-state index is 13.1. The van der Waals surface area contributed by atoms with Crippen molar-refractivity contribution in [3.8, 4) is 5.75 Å². The zero-order valence-electron chi connectivity index (χ0n) is 16.0. The molecular formula is C22H19N3O4. The summed E-state index contributed by atoms with van der Waals surface area (Å²) in [5.74, 6) is -0.214. The van der Waals surface area contributed by atoms with Gasteiger partial charge in [0.15, 0.2) is 0 Å². The molecule has 0 aliphatic carbocycles. The molecule has 1 amide bonds. The zero-order valence-corrected chi connectivity index (χ0v) is 16.0. The first kappa shape index (κ1) is 18.5. The van der Waals surface area contributed by atoms with Crippen LogP contribution in [0.15, 0.2) is 53.3 Å². The highest BCUT2D eigenvalue weighted by molar-refractivity contribution is 6.51. The van der Waals surface area contributed by atoms with Crippen LogP contribution in [0.5, 0.6) is 5.75 Å². The lowest BCUT2D eigenvalue weighted by Crippen LogP contribution is -2.45. The fourth-order valence-corrected chi connectivity index (χ4v) is 3.51. The van der Waals surface area contributed by atoms with Crippen molar-refractivity contribution >= 4 is 29.0 Å². The lowest BCUT2D eigenvalue weighted by atomic mass is 9.94. The van der Waals surface area contributed by atoms with Gasteiger partial charge in [-0.15, -0.1) is 0 Å². The Morgan fingerprint density at radius 2 is 1.83 bits per heavy atom. The third-order valence-electron chi connectivity index (χ3n) is 4.91. The number of rotatable bonds is 3. The average Bonchev–Trinajstić information content (AvgIpc) is 3.09. The number of aromatic nitrogens is 2. The Labute approximate surface area is 165 Å². The Morgan fingerprint density at radius 1 is 1.03 bits per heavy atom. The number of hydrogen-bond donors (Lipinski definition) is 2. The van der Waals surface area contributed by atoms with Crippen LogP contribution in [0.25, 0.3) is 11.6 Å². The molecule has 2 N–H and O–H groups in total. The highest BCUT2D eigenvalue weighted by atomic mass is 16.5. The molecule has 3 aromatic rings. The second-order valence-electron chi connectivity index (χ2n) is 6.56. The number of para-hydroxylation sites is 1. The first-order chi connectivity index (χ1) is 14.0. The topological polar surface area (TPSA) is 95.3 Å². The summed E-state index contributed by atoms with van der Waals surface area (Å²) in [5.41, 5.74) is 1.24. The number of nitrogens with one attached hydrogen (secondary N) is 2. The summed E-state index contributed by atoms with van der Waals surface area (Å²) in [6, 6.07) is 14.1. The van der Waals surface area contributed by atoms with Crippen molar-refractivity contribution in [1.29, 1.82) is 0 Å². The lowest BCUT2D eigenvalue weighted by molar-refractivity contribution is -0.113. The summed E-state index contributed by atoms with van der Waals surface area (Å²) in [7, 11) is 1.56. The summed E-state index contributed by atoms with van der Waals surface area (Å²) in [4.78, 5) is 40.3. The minimum atomic E-state index is -0.438. The van der Waals surface area contributed by atoms with E-state index in [2.05, 4.69) is 10.2 Å². The maximum Gasteiger partial charge on any atom is 0.271 e. The second-order valence-corrected chi connectivity index (χ2v) is 6.56. The van der Waals surface area contributed by atoms with Crippen molar-refractivity contribution < 1.29 is 14.3 Å². The van der Waals surface area contributed by atoms with E-state index in [1.807, 2.05) is 13.0 Å². The summed E-state index contributed by atoms with van der Waals surface area (Å²) in [5, 5.41) is 5.61. The number of nitrogens with zero attached hydrogens (tertiary/aromatic N) is 1. The molecule has 1 aliphatic rings. The van der Waals surface area contributed by atoms with Gasteiger partial charge < -0.3 is 9.64 Å². The van der Waals surface area contributed by atoms with Crippen LogP contribution in [0.2, 0.25) is 0 Å². The van der Waals surface area contributed by atoms with E-state index in [4.69, 9.17) is 4.74 Å². The molecule has 29 heavy (non-hydrogen) atoms. The van der Waals surface area contributed by atoms with E-state index in [0.717, 1.165) is 0 Å². The predicted octanol–water partition coefficient (Wildman–Crippen LogP) is 0.941. The van der Waals surface area contributed by atoms with Crippen molar-refractivity contribution in [2.45, 2.75) is 6.92 Å². The van der Waals surface area contributed by atoms with Gasteiger partial charge in [0.25, 0.3) is 11.5 Å². The van der Waals surface area contributed by atoms with Crippen molar-refractivity contribution in [2.75, 3.05) is 18.6 Å². The van der Waals surface area contributed by atoms with Crippen molar-refractivity contribution in [3.05, 3.63) is 80.6 Å². The average molecular weight is 389 g/mol. The van der Waals surface area contributed by atoms with Crippen LogP contribution in [0.1, 0.15) is 22.8 Å². The third kappa shape index (κ3) is 3.06. The van der Waals surface area contributed by atoms with Gasteiger partial charge in [0.1, 0.15) is 11.3 Å². The van der Waals surface area contributed by atoms with E-state index in [1.165, 1.54) is 4.90 Å². The molecule has 2 heterocycles. The highest BCUT2D eigenvalue weighted by Crippen LogP contribution is 2.29. The molecule has 146 valence electrons. The number of aromatic amines is 2. The smallest absolute Gasteiger partial charge is 0.271 e. The van der Waals surface area contributed by atoms with Gasteiger partial charge in [0.05, 0.1) is 23.4 Å². The van der Waals surface area contributed by atoms with Crippen LogP contribution in [-0.4, -0.2) is 35.5 Å². The molecule has 7 heteroatoms. The van der Waals surface area contributed by atoms with E-state index in [0.29, 0.717) is 29.1 Å². The van der Waals surface area contributed by atoms with Crippen molar-refractivity contribution in [3.63, 3.8) is 0 Å². The molecule has 0 spiro atoms. The number of ether oxygens (including phenoxy) is 1. The van der Waals surface area contributed by atoms with Gasteiger partial charge in [-0.3, -0.25) is 24.6 Å². The van der Waals surface area contributed by atoms with Gasteiger partial charge in [-0.1, -0.05) is 24.3 Å². The number of carbonyl (C=O) groups is 2. The van der Waals surface area contributed by atoms with Gasteiger partial charge in [-0.05, 0) is 42.8 Å². The highest BCUT2D eigenvalue weighted by Gasteiger charge is 2.35. The van der Waals surface area contributed by atoms with Crippen molar-refractivity contribution in [2.24, 2.45) is 0 Å². The molecule has 0 saturated carbocycles. The number of amides is 1. The number of hydrogen-bond acceptors (Lipinski definition) is 4. The largest absolute Gasteiger partial charge is 0.497 e. The van der Waals surface area contributed by atoms with Gasteiger partial charge in [0, 0.05) is 12.1 Å². The quantitative estimate of drug-likeness (QED) is 0.697. The SMILES string of the molecule is CCN1C(=O)/C(=c2/[nH][nH]c(=O)/c2=C\c2cccc(OC)c2)C(=O)c2ccccc21. The van der Waals surface area contributed by atoms with Crippen LogP contribution < -0.4 is 25.8 Å². The molecule has 0 atom stereocenters. The Kier molecular flexibility index (Phi) is 4.64. The summed E-state index contributed by atoms with van der Waals surface area (Å²) in [6.45, 7) is 2.24. The van der Waals surface area contributed by atoms with Crippen LogP contribution in [0.3, 0.4) is 0 Å². The molecule has 0 fully saturated rings. The number of ketones is 1. The predicted molar refractivity (Wildman–Crippen MR) is 109 cm³/mol. The van der Waals surface area contributed by atoms with Crippen LogP contribution in [0, 0.1) is 0 Å². The van der Waals surface area contributed by atoms with E-state index in [9.17, 15) is 14.4 Å². The Morgan fingerprint density at radius 3 is 2.59 bits per heavy atom. The summed E-state index contributed by atoms with van der Waals surface area (Å²) in [6.07, 6.45) is 1.62. The summed E-state index contributed by atoms with van der Waals surface area (Å²) >= 11 is 0. The number of fused-ring (bicyclic) bond motifs is 1. The molecular weight excluding hydrogens is 370 g/mol. The van der Waals surface area contributed by atoms with Gasteiger partial charge in [-0.2, -0.15) is 0 Å².